The molecule has 1 aliphatic carbocycles. The Morgan fingerprint density at radius 2 is 1.79 bits per heavy atom. The van der Waals surface area contributed by atoms with Crippen molar-refractivity contribution in [2.45, 2.75) is 57.8 Å². The molecule has 0 atom stereocenters. The van der Waals surface area contributed by atoms with Gasteiger partial charge in [-0.05, 0) is 62.7 Å². The molecule has 0 amide bonds. The highest BCUT2D eigenvalue weighted by Gasteiger charge is 2.27. The maximum Gasteiger partial charge on any atom is 0.231 e. The van der Waals surface area contributed by atoms with Crippen LogP contribution in [0.4, 0.5) is 0 Å². The smallest absolute Gasteiger partial charge is 0.231 e. The van der Waals surface area contributed by atoms with Crippen molar-refractivity contribution in [1.82, 2.24) is 4.90 Å². The van der Waals surface area contributed by atoms with Crippen molar-refractivity contribution in [1.29, 1.82) is 0 Å². The van der Waals surface area contributed by atoms with Crippen molar-refractivity contribution >= 4 is 0 Å². The van der Waals surface area contributed by atoms with Crippen LogP contribution in [0.2, 0.25) is 0 Å². The lowest BCUT2D eigenvalue weighted by Gasteiger charge is -2.34. The second kappa shape index (κ2) is 7.35. The molecule has 2 fully saturated rings. The first-order valence-corrected chi connectivity index (χ1v) is 9.90. The zero-order valence-corrected chi connectivity index (χ0v) is 15.0. The number of ether oxygens (including phenoxy) is 2. The van der Waals surface area contributed by atoms with E-state index in [1.165, 1.54) is 70.1 Å². The highest BCUT2D eigenvalue weighted by atomic mass is 16.7. The number of hydrogen-bond acceptors (Lipinski definition) is 3. The van der Waals surface area contributed by atoms with E-state index in [1.807, 2.05) is 6.07 Å². The predicted molar refractivity (Wildman–Crippen MR) is 96.7 cm³/mol. The van der Waals surface area contributed by atoms with E-state index in [2.05, 4.69) is 24.0 Å². The summed E-state index contributed by atoms with van der Waals surface area (Å²) in [4.78, 5) is 2.69. The van der Waals surface area contributed by atoms with Gasteiger partial charge < -0.3 is 14.4 Å². The summed E-state index contributed by atoms with van der Waals surface area (Å²) in [7, 11) is 0. The largest absolute Gasteiger partial charge is 0.454 e. The number of rotatable bonds is 4. The molecule has 3 aliphatic rings. The molecule has 0 spiro atoms. The molecule has 0 aromatic heterocycles. The predicted octanol–water partition coefficient (Wildman–Crippen LogP) is 4.81. The Morgan fingerprint density at radius 3 is 2.58 bits per heavy atom. The Kier molecular flexibility index (Phi) is 4.98. The average molecular weight is 329 g/mol. The van der Waals surface area contributed by atoms with Gasteiger partial charge in [-0.2, -0.15) is 0 Å². The van der Waals surface area contributed by atoms with E-state index in [0.29, 0.717) is 12.7 Å². The van der Waals surface area contributed by atoms with E-state index in [9.17, 15) is 0 Å². The van der Waals surface area contributed by atoms with Gasteiger partial charge in [-0.25, -0.2) is 0 Å². The molecule has 1 saturated carbocycles. The Bertz CT molecular complexity index is 543. The van der Waals surface area contributed by atoms with Gasteiger partial charge in [-0.1, -0.05) is 44.7 Å². The molecular formula is C21H31NO2. The van der Waals surface area contributed by atoms with Crippen LogP contribution in [0, 0.1) is 11.8 Å². The number of likely N-dealkylation sites (tertiary alicyclic amines) is 1. The van der Waals surface area contributed by atoms with Crippen molar-refractivity contribution in [3.8, 4) is 11.5 Å². The fourth-order valence-electron chi connectivity index (χ4n) is 4.72. The van der Waals surface area contributed by atoms with Gasteiger partial charge in [0.15, 0.2) is 11.5 Å². The van der Waals surface area contributed by atoms with Crippen molar-refractivity contribution in [3.63, 3.8) is 0 Å². The van der Waals surface area contributed by atoms with Crippen LogP contribution < -0.4 is 9.47 Å². The topological polar surface area (TPSA) is 21.7 Å². The Morgan fingerprint density at radius 1 is 1.00 bits per heavy atom. The van der Waals surface area contributed by atoms with Gasteiger partial charge in [0, 0.05) is 5.56 Å². The van der Waals surface area contributed by atoms with Gasteiger partial charge in [-0.15, -0.1) is 0 Å². The van der Waals surface area contributed by atoms with E-state index < -0.39 is 0 Å². The summed E-state index contributed by atoms with van der Waals surface area (Å²) in [5, 5.41) is 0. The quantitative estimate of drug-likeness (QED) is 0.791. The van der Waals surface area contributed by atoms with Crippen molar-refractivity contribution < 1.29 is 9.47 Å². The third-order valence-electron chi connectivity index (χ3n) is 6.44. The fraction of sp³-hybridized carbons (Fsp3) is 0.714. The van der Waals surface area contributed by atoms with Gasteiger partial charge in [0.2, 0.25) is 6.79 Å². The first-order chi connectivity index (χ1) is 11.8. The Labute approximate surface area is 146 Å². The van der Waals surface area contributed by atoms with Crippen LogP contribution in [0.1, 0.15) is 63.4 Å². The second-order valence-electron chi connectivity index (χ2n) is 8.11. The SMILES string of the molecule is CC1CCC(CCN2CCC(c3cccc4c3OCO4)CC2)CC1. The monoisotopic (exact) mass is 329 g/mol. The molecule has 4 rings (SSSR count). The molecule has 0 radical (unpaired) electrons. The summed E-state index contributed by atoms with van der Waals surface area (Å²) in [5.41, 5.74) is 1.37. The molecule has 1 aromatic rings. The zero-order valence-electron chi connectivity index (χ0n) is 15.0. The van der Waals surface area contributed by atoms with E-state index in [0.717, 1.165) is 23.3 Å². The van der Waals surface area contributed by atoms with Crippen LogP contribution in [0.25, 0.3) is 0 Å². The molecular weight excluding hydrogens is 298 g/mol. The summed E-state index contributed by atoms with van der Waals surface area (Å²) in [6, 6.07) is 6.36. The maximum atomic E-state index is 5.71. The lowest BCUT2D eigenvalue weighted by Crippen LogP contribution is -2.34. The Balaban J connectivity index is 1.26. The molecule has 2 aliphatic heterocycles. The van der Waals surface area contributed by atoms with Crippen molar-refractivity contribution in [2.75, 3.05) is 26.4 Å². The molecule has 24 heavy (non-hydrogen) atoms. The second-order valence-corrected chi connectivity index (χ2v) is 8.11. The standard InChI is InChI=1S/C21H31NO2/c1-16-5-7-17(8-6-16)9-12-22-13-10-18(11-14-22)19-3-2-4-20-21(19)24-15-23-20/h2-4,16-18H,5-15H2,1H3. The third-order valence-corrected chi connectivity index (χ3v) is 6.44. The number of fused-ring (bicyclic) bond motifs is 1. The van der Waals surface area contributed by atoms with Gasteiger partial charge in [-0.3, -0.25) is 0 Å². The normalized spacial score (nSPS) is 28.2. The zero-order chi connectivity index (χ0) is 16.4. The lowest BCUT2D eigenvalue weighted by atomic mass is 9.81. The van der Waals surface area contributed by atoms with Crippen molar-refractivity contribution in [2.24, 2.45) is 11.8 Å². The molecule has 0 N–H and O–H groups in total. The molecule has 2 heterocycles. The molecule has 1 aromatic carbocycles. The van der Waals surface area contributed by atoms with Crippen molar-refractivity contribution in [3.05, 3.63) is 23.8 Å². The highest BCUT2D eigenvalue weighted by Crippen LogP contribution is 2.42. The number of hydrogen-bond donors (Lipinski definition) is 0. The number of nitrogens with zero attached hydrogens (tertiary/aromatic N) is 1. The van der Waals surface area contributed by atoms with Crippen LogP contribution >= 0.6 is 0 Å². The highest BCUT2D eigenvalue weighted by molar-refractivity contribution is 5.49. The first kappa shape index (κ1) is 16.3. The summed E-state index contributed by atoms with van der Waals surface area (Å²) in [6.07, 6.45) is 9.75. The summed E-state index contributed by atoms with van der Waals surface area (Å²) in [6.45, 7) is 6.57. The number of benzene rings is 1. The Hall–Kier alpha value is -1.22. The van der Waals surface area contributed by atoms with E-state index >= 15 is 0 Å². The van der Waals surface area contributed by atoms with E-state index in [4.69, 9.17) is 9.47 Å². The number of piperidine rings is 1. The molecule has 0 bridgehead atoms. The van der Waals surface area contributed by atoms with E-state index in [1.54, 1.807) is 0 Å². The van der Waals surface area contributed by atoms with Gasteiger partial charge >= 0.3 is 0 Å². The van der Waals surface area contributed by atoms with Gasteiger partial charge in [0.1, 0.15) is 0 Å². The molecule has 3 heteroatoms. The molecule has 3 nitrogen and oxygen atoms in total. The fourth-order valence-corrected chi connectivity index (χ4v) is 4.72. The van der Waals surface area contributed by atoms with Crippen LogP contribution in [0.5, 0.6) is 11.5 Å². The average Bonchev–Trinajstić information content (AvgIpc) is 3.10. The van der Waals surface area contributed by atoms with Crippen LogP contribution in [-0.2, 0) is 0 Å². The molecule has 0 unspecified atom stereocenters. The number of para-hydroxylation sites is 1. The minimum absolute atomic E-state index is 0.380. The van der Waals surface area contributed by atoms with E-state index in [-0.39, 0.29) is 0 Å². The summed E-state index contributed by atoms with van der Waals surface area (Å²) >= 11 is 0. The first-order valence-electron chi connectivity index (χ1n) is 9.90. The van der Waals surface area contributed by atoms with Gasteiger partial charge in [0.25, 0.3) is 0 Å². The summed E-state index contributed by atoms with van der Waals surface area (Å²) < 4.78 is 11.2. The molecule has 1 saturated heterocycles. The molecule has 132 valence electrons. The minimum atomic E-state index is 0.380. The van der Waals surface area contributed by atoms with Crippen LogP contribution in [0.15, 0.2) is 18.2 Å². The minimum Gasteiger partial charge on any atom is -0.454 e. The maximum absolute atomic E-state index is 5.71. The summed E-state index contributed by atoms with van der Waals surface area (Å²) in [5.74, 6) is 4.53. The van der Waals surface area contributed by atoms with Gasteiger partial charge in [0.05, 0.1) is 0 Å². The van der Waals surface area contributed by atoms with Crippen LogP contribution in [0.3, 0.4) is 0 Å². The van der Waals surface area contributed by atoms with Crippen LogP contribution in [-0.4, -0.2) is 31.3 Å². The lowest BCUT2D eigenvalue weighted by molar-refractivity contribution is 0.168. The third kappa shape index (κ3) is 3.56.